The lowest BCUT2D eigenvalue weighted by Gasteiger charge is -2.12. The van der Waals surface area contributed by atoms with E-state index in [0.717, 1.165) is 17.2 Å². The maximum absolute atomic E-state index is 15.0. The number of hydrogen-bond donors (Lipinski definition) is 1. The van der Waals surface area contributed by atoms with Gasteiger partial charge in [-0.3, -0.25) is 4.68 Å². The maximum atomic E-state index is 15.0. The fourth-order valence-electron chi connectivity index (χ4n) is 4.07. The van der Waals surface area contributed by atoms with Crippen LogP contribution < -0.4 is 10.1 Å². The van der Waals surface area contributed by atoms with E-state index in [4.69, 9.17) is 16.3 Å². The highest BCUT2D eigenvalue weighted by Crippen LogP contribution is 2.32. The summed E-state index contributed by atoms with van der Waals surface area (Å²) in [5, 5.41) is 11.4. The molecular weight excluding hydrogens is 483 g/mol. The zero-order chi connectivity index (χ0) is 25.4. The summed E-state index contributed by atoms with van der Waals surface area (Å²) in [6, 6.07) is 10.7. The number of fused-ring (bicyclic) bond motifs is 1. The molecule has 5 aromatic rings. The summed E-state index contributed by atoms with van der Waals surface area (Å²) in [6.45, 7) is 6.25. The number of ether oxygens (including phenoxy) is 1. The molecule has 0 bridgehead atoms. The van der Waals surface area contributed by atoms with Gasteiger partial charge >= 0.3 is 0 Å². The minimum absolute atomic E-state index is 0.121. The van der Waals surface area contributed by atoms with Gasteiger partial charge in [-0.25, -0.2) is 19.3 Å². The fraction of sp³-hybridized carbons (Fsp3) is 0.240. The second-order valence-electron chi connectivity index (χ2n) is 8.66. The topological polar surface area (TPSA) is 95.6 Å². The Morgan fingerprint density at radius 3 is 2.61 bits per heavy atom. The number of hydrogen-bond acceptors (Lipinski definition) is 7. The van der Waals surface area contributed by atoms with Crippen molar-refractivity contribution in [2.24, 2.45) is 7.05 Å². The number of nitrogens with one attached hydrogen (secondary N) is 1. The van der Waals surface area contributed by atoms with Crippen LogP contribution in [0, 0.1) is 12.7 Å². The zero-order valence-electron chi connectivity index (χ0n) is 20.2. The summed E-state index contributed by atoms with van der Waals surface area (Å²) < 4.78 is 24.3. The first-order valence-electron chi connectivity index (χ1n) is 11.3. The molecule has 0 aliphatic heterocycles. The number of benzene rings is 2. The molecule has 0 saturated carbocycles. The van der Waals surface area contributed by atoms with Crippen molar-refractivity contribution in [1.82, 2.24) is 34.5 Å². The number of anilines is 2. The lowest BCUT2D eigenvalue weighted by Crippen LogP contribution is -2.03. The first-order chi connectivity index (χ1) is 17.3. The summed E-state index contributed by atoms with van der Waals surface area (Å²) >= 11 is 6.43. The van der Waals surface area contributed by atoms with Gasteiger partial charge in [0.2, 0.25) is 5.95 Å². The fourth-order valence-corrected chi connectivity index (χ4v) is 4.27. The molecule has 0 spiro atoms. The van der Waals surface area contributed by atoms with E-state index in [1.807, 2.05) is 55.7 Å². The van der Waals surface area contributed by atoms with Crippen LogP contribution in [0.4, 0.5) is 16.0 Å². The van der Waals surface area contributed by atoms with Crippen LogP contribution in [0.1, 0.15) is 31.4 Å². The predicted octanol–water partition coefficient (Wildman–Crippen LogP) is 5.63. The third-order valence-electron chi connectivity index (χ3n) is 5.61. The number of aromatic nitrogens is 7. The number of aryl methyl sites for hydroxylation is 2. The van der Waals surface area contributed by atoms with Crippen molar-refractivity contribution < 1.29 is 9.13 Å². The molecule has 3 heterocycles. The SMILES string of the molecule is Cc1nc2c(F)cc(-c3nc(Nc4ccc(OCc5cn(C)nn5)cc4)ncc3Cl)cc2n1C(C)C. The van der Waals surface area contributed by atoms with Gasteiger partial charge in [-0.15, -0.1) is 5.10 Å². The minimum atomic E-state index is -0.425. The van der Waals surface area contributed by atoms with Gasteiger partial charge in [-0.2, -0.15) is 0 Å². The Bertz CT molecular complexity index is 1540. The van der Waals surface area contributed by atoms with Gasteiger partial charge in [0.05, 0.1) is 28.6 Å². The average Bonchev–Trinajstić information content (AvgIpc) is 3.42. The standard InChI is InChI=1S/C25H24ClFN8O/c1-14(2)35-15(3)29-24-21(27)9-16(10-22(24)35)23-20(26)11-28-25(31-23)30-17-5-7-19(8-6-17)36-13-18-12-34(4)33-32-18/h5-12,14H,13H2,1-4H3,(H,28,30,31). The molecule has 5 rings (SSSR count). The number of rotatable bonds is 7. The molecule has 0 aliphatic rings. The number of imidazole rings is 1. The molecule has 0 atom stereocenters. The number of nitrogens with zero attached hydrogens (tertiary/aromatic N) is 7. The van der Waals surface area contributed by atoms with Gasteiger partial charge in [0, 0.05) is 24.3 Å². The van der Waals surface area contributed by atoms with E-state index in [-0.39, 0.29) is 6.04 Å². The van der Waals surface area contributed by atoms with E-state index < -0.39 is 5.82 Å². The second kappa shape index (κ2) is 9.54. The molecule has 9 nitrogen and oxygen atoms in total. The molecule has 0 fully saturated rings. The monoisotopic (exact) mass is 506 g/mol. The average molecular weight is 507 g/mol. The van der Waals surface area contributed by atoms with Gasteiger partial charge in [-0.1, -0.05) is 16.8 Å². The van der Waals surface area contributed by atoms with Crippen molar-refractivity contribution >= 4 is 34.3 Å². The van der Waals surface area contributed by atoms with Crippen LogP contribution in [0.3, 0.4) is 0 Å². The van der Waals surface area contributed by atoms with Crippen molar-refractivity contribution in [3.05, 3.63) is 71.2 Å². The molecule has 0 radical (unpaired) electrons. The first kappa shape index (κ1) is 23.7. The Morgan fingerprint density at radius 2 is 1.92 bits per heavy atom. The highest BCUT2D eigenvalue weighted by atomic mass is 35.5. The number of halogens is 2. The van der Waals surface area contributed by atoms with Crippen molar-refractivity contribution in [3.63, 3.8) is 0 Å². The van der Waals surface area contributed by atoms with Crippen LogP contribution in [0.2, 0.25) is 5.02 Å². The van der Waals surface area contributed by atoms with Gasteiger partial charge < -0.3 is 14.6 Å². The van der Waals surface area contributed by atoms with E-state index in [1.165, 1.54) is 12.3 Å². The van der Waals surface area contributed by atoms with Gasteiger partial charge in [0.25, 0.3) is 0 Å². The van der Waals surface area contributed by atoms with E-state index in [9.17, 15) is 4.39 Å². The van der Waals surface area contributed by atoms with Crippen LogP contribution in [-0.4, -0.2) is 34.5 Å². The third kappa shape index (κ3) is 4.72. The predicted molar refractivity (Wildman–Crippen MR) is 136 cm³/mol. The molecule has 0 aliphatic carbocycles. The Kier molecular flexibility index (Phi) is 6.27. The summed E-state index contributed by atoms with van der Waals surface area (Å²) in [4.78, 5) is 13.2. The Balaban J connectivity index is 1.38. The molecule has 0 unspecified atom stereocenters. The second-order valence-corrected chi connectivity index (χ2v) is 9.07. The first-order valence-corrected chi connectivity index (χ1v) is 11.7. The molecular formula is C25H24ClFN8O. The lowest BCUT2D eigenvalue weighted by atomic mass is 10.1. The van der Waals surface area contributed by atoms with Crippen LogP contribution in [-0.2, 0) is 13.7 Å². The highest BCUT2D eigenvalue weighted by Gasteiger charge is 2.18. The van der Waals surface area contributed by atoms with Crippen molar-refractivity contribution in [2.75, 3.05) is 5.32 Å². The van der Waals surface area contributed by atoms with Crippen molar-refractivity contribution in [2.45, 2.75) is 33.4 Å². The molecule has 0 amide bonds. The molecule has 3 aromatic heterocycles. The Hall–Kier alpha value is -4.05. The molecule has 184 valence electrons. The Morgan fingerprint density at radius 1 is 1.14 bits per heavy atom. The summed E-state index contributed by atoms with van der Waals surface area (Å²) in [6.07, 6.45) is 3.30. The smallest absolute Gasteiger partial charge is 0.227 e. The van der Waals surface area contributed by atoms with Crippen LogP contribution in [0.5, 0.6) is 5.75 Å². The normalized spacial score (nSPS) is 11.4. The zero-order valence-corrected chi connectivity index (χ0v) is 21.0. The Labute approximate surface area is 211 Å². The molecule has 2 aromatic carbocycles. The summed E-state index contributed by atoms with van der Waals surface area (Å²) in [5.74, 6) is 1.34. The molecule has 0 saturated heterocycles. The van der Waals surface area contributed by atoms with Crippen LogP contribution >= 0.6 is 11.6 Å². The molecule has 11 heteroatoms. The molecule has 1 N–H and O–H groups in total. The largest absolute Gasteiger partial charge is 0.487 e. The quantitative estimate of drug-likeness (QED) is 0.306. The van der Waals surface area contributed by atoms with Gasteiger partial charge in [-0.05, 0) is 57.2 Å². The van der Waals surface area contributed by atoms with Crippen LogP contribution in [0.15, 0.2) is 48.8 Å². The van der Waals surface area contributed by atoms with E-state index in [0.29, 0.717) is 45.6 Å². The van der Waals surface area contributed by atoms with Crippen LogP contribution in [0.25, 0.3) is 22.3 Å². The van der Waals surface area contributed by atoms with Crippen molar-refractivity contribution in [1.29, 1.82) is 0 Å². The highest BCUT2D eigenvalue weighted by molar-refractivity contribution is 6.33. The van der Waals surface area contributed by atoms with Crippen molar-refractivity contribution in [3.8, 4) is 17.0 Å². The van der Waals surface area contributed by atoms with E-state index in [1.54, 1.807) is 17.9 Å². The van der Waals surface area contributed by atoms with E-state index >= 15 is 0 Å². The van der Waals surface area contributed by atoms with E-state index in [2.05, 4.69) is 30.6 Å². The summed E-state index contributed by atoms with van der Waals surface area (Å²) in [7, 11) is 1.80. The third-order valence-corrected chi connectivity index (χ3v) is 5.88. The molecule has 36 heavy (non-hydrogen) atoms. The van der Waals surface area contributed by atoms with Gasteiger partial charge in [0.1, 0.15) is 29.4 Å². The minimum Gasteiger partial charge on any atom is -0.487 e. The summed E-state index contributed by atoms with van der Waals surface area (Å²) in [5.41, 5.74) is 3.49. The lowest BCUT2D eigenvalue weighted by molar-refractivity contribution is 0.301. The van der Waals surface area contributed by atoms with Gasteiger partial charge in [0.15, 0.2) is 5.82 Å². The maximum Gasteiger partial charge on any atom is 0.227 e.